The lowest BCUT2D eigenvalue weighted by atomic mass is 10.3. The zero-order valence-corrected chi connectivity index (χ0v) is 16.3. The Morgan fingerprint density at radius 2 is 1.70 bits per heavy atom. The Kier molecular flexibility index (Phi) is 11.4. The minimum Gasteiger partial charge on any atom is -0.376 e. The van der Waals surface area contributed by atoms with E-state index in [0.29, 0.717) is 0 Å². The monoisotopic (exact) mass is 332 g/mol. The molecule has 0 rings (SSSR count). The highest BCUT2D eigenvalue weighted by molar-refractivity contribution is 5.45. The number of amides is 1. The Labute approximate surface area is 143 Å². The largest absolute Gasteiger partial charge is 0.376 e. The summed E-state index contributed by atoms with van der Waals surface area (Å²) in [6, 6.07) is 0. The van der Waals surface area contributed by atoms with E-state index in [4.69, 9.17) is 4.74 Å². The highest BCUT2D eigenvalue weighted by Crippen LogP contribution is 2.00. The molecule has 0 aromatic heterocycles. The molecule has 0 aromatic carbocycles. The Morgan fingerprint density at radius 3 is 2.26 bits per heavy atom. The summed E-state index contributed by atoms with van der Waals surface area (Å²) >= 11 is 0. The van der Waals surface area contributed by atoms with Crippen molar-refractivity contribution in [3.8, 4) is 0 Å². The summed E-state index contributed by atoms with van der Waals surface area (Å²) in [6.07, 6.45) is 4.02. The number of carbonyl (C=O) groups excluding carboxylic acids is 1. The van der Waals surface area contributed by atoms with E-state index in [9.17, 15) is 4.79 Å². The third-order valence-corrected chi connectivity index (χ3v) is 3.80. The summed E-state index contributed by atoms with van der Waals surface area (Å²) in [6.45, 7) is 8.57. The molecule has 6 nitrogen and oxygen atoms in total. The van der Waals surface area contributed by atoms with Gasteiger partial charge < -0.3 is 13.7 Å². The molecule has 0 fully saturated rings. The summed E-state index contributed by atoms with van der Waals surface area (Å²) in [4.78, 5) is 11.1. The van der Waals surface area contributed by atoms with Crippen LogP contribution in [0.5, 0.6) is 0 Å². The summed E-state index contributed by atoms with van der Waals surface area (Å²) in [5.41, 5.74) is 3.22. The summed E-state index contributed by atoms with van der Waals surface area (Å²) in [5.74, 6) is 0. The summed E-state index contributed by atoms with van der Waals surface area (Å²) < 4.78 is 7.45. The fourth-order valence-electron chi connectivity index (χ4n) is 2.28. The normalized spacial score (nSPS) is 12.4. The molecule has 23 heavy (non-hydrogen) atoms. The number of quaternary nitrogens is 2. The number of hydrogen-bond donors (Lipinski definition) is 1. The van der Waals surface area contributed by atoms with E-state index in [0.717, 1.165) is 80.6 Å². The van der Waals surface area contributed by atoms with Gasteiger partial charge in [-0.3, -0.25) is 9.80 Å². The maximum Gasteiger partial charge on any atom is 0.223 e. The first-order valence-electron chi connectivity index (χ1n) is 8.86. The molecule has 138 valence electrons. The number of hydrazine groups is 1. The smallest absolute Gasteiger partial charge is 0.223 e. The van der Waals surface area contributed by atoms with Crippen LogP contribution in [0.15, 0.2) is 0 Å². The van der Waals surface area contributed by atoms with Crippen molar-refractivity contribution in [3.63, 3.8) is 0 Å². The van der Waals surface area contributed by atoms with Crippen LogP contribution >= 0.6 is 0 Å². The minimum absolute atomic E-state index is 0.766. The van der Waals surface area contributed by atoms with Gasteiger partial charge in [0.2, 0.25) is 6.41 Å². The van der Waals surface area contributed by atoms with Crippen molar-refractivity contribution in [1.82, 2.24) is 10.4 Å². The fourth-order valence-corrected chi connectivity index (χ4v) is 2.28. The molecule has 6 heteroatoms. The molecule has 0 aliphatic carbocycles. The number of rotatable bonds is 15. The van der Waals surface area contributed by atoms with E-state index in [-0.39, 0.29) is 0 Å². The van der Waals surface area contributed by atoms with Gasteiger partial charge in [0.15, 0.2) is 0 Å². The van der Waals surface area contributed by atoms with Gasteiger partial charge in [0.05, 0.1) is 54.9 Å². The molecule has 1 N–H and O–H groups in total. The van der Waals surface area contributed by atoms with E-state index in [1.165, 1.54) is 0 Å². The predicted molar refractivity (Wildman–Crippen MR) is 95.9 cm³/mol. The number of nitrogens with one attached hydrogen (secondary N) is 1. The Morgan fingerprint density at radius 1 is 1.00 bits per heavy atom. The van der Waals surface area contributed by atoms with Crippen LogP contribution in [0.4, 0.5) is 0 Å². The Balaban J connectivity index is 3.78. The molecule has 0 radical (unpaired) electrons. The van der Waals surface area contributed by atoms with Crippen molar-refractivity contribution in [2.24, 2.45) is 0 Å². The summed E-state index contributed by atoms with van der Waals surface area (Å²) in [7, 11) is 11.0. The van der Waals surface area contributed by atoms with Gasteiger partial charge in [-0.05, 0) is 6.42 Å². The third kappa shape index (κ3) is 14.6. The van der Waals surface area contributed by atoms with Crippen LogP contribution in [0.1, 0.15) is 26.2 Å². The SMILES string of the molecule is CCCOCC[N+](C)(C)CCCNN(C=O)CCC[N+](C)(C)C. The Hall–Kier alpha value is -0.690. The van der Waals surface area contributed by atoms with Gasteiger partial charge in [-0.2, -0.15) is 0 Å². The maximum absolute atomic E-state index is 11.1. The van der Waals surface area contributed by atoms with Gasteiger partial charge >= 0.3 is 0 Å². The molecule has 0 aromatic rings. The average molecular weight is 333 g/mol. The number of hydrogen-bond acceptors (Lipinski definition) is 3. The van der Waals surface area contributed by atoms with Crippen molar-refractivity contribution in [3.05, 3.63) is 0 Å². The lowest BCUT2D eigenvalue weighted by Crippen LogP contribution is -2.45. The van der Waals surface area contributed by atoms with E-state index in [1.807, 2.05) is 0 Å². The molecule has 0 saturated heterocycles. The summed E-state index contributed by atoms with van der Waals surface area (Å²) in [5, 5.41) is 1.68. The highest BCUT2D eigenvalue weighted by atomic mass is 16.5. The fraction of sp³-hybridized carbons (Fsp3) is 0.941. The van der Waals surface area contributed by atoms with E-state index >= 15 is 0 Å². The first kappa shape index (κ1) is 22.3. The van der Waals surface area contributed by atoms with E-state index < -0.39 is 0 Å². The first-order valence-corrected chi connectivity index (χ1v) is 8.86. The van der Waals surface area contributed by atoms with Crippen LogP contribution in [0.3, 0.4) is 0 Å². The molecule has 0 atom stereocenters. The molecule has 0 unspecified atom stereocenters. The quantitative estimate of drug-likeness (QED) is 0.210. The van der Waals surface area contributed by atoms with Crippen molar-refractivity contribution < 1.29 is 18.5 Å². The lowest BCUT2D eigenvalue weighted by molar-refractivity contribution is -0.890. The number of nitrogens with zero attached hydrogens (tertiary/aromatic N) is 3. The number of carbonyl (C=O) groups is 1. The molecule has 0 bridgehead atoms. The Bertz CT molecular complexity index is 303. The van der Waals surface area contributed by atoms with Crippen molar-refractivity contribution in [2.45, 2.75) is 26.2 Å². The third-order valence-electron chi connectivity index (χ3n) is 3.80. The average Bonchev–Trinajstić information content (AvgIpc) is 2.45. The van der Waals surface area contributed by atoms with Gasteiger partial charge in [-0.1, -0.05) is 6.92 Å². The molecular weight excluding hydrogens is 292 g/mol. The van der Waals surface area contributed by atoms with Crippen molar-refractivity contribution >= 4 is 6.41 Å². The standard InChI is InChI=1S/C17H40N4O2/c1-7-15-23-16-14-21(5,6)13-8-10-18-19(17-22)11-9-12-20(2,3)4/h17-18H,7-16H2,1-6H3/q+2. The highest BCUT2D eigenvalue weighted by Gasteiger charge is 2.14. The maximum atomic E-state index is 11.1. The topological polar surface area (TPSA) is 41.6 Å². The van der Waals surface area contributed by atoms with Gasteiger partial charge in [0, 0.05) is 32.5 Å². The van der Waals surface area contributed by atoms with Crippen LogP contribution < -0.4 is 5.43 Å². The van der Waals surface area contributed by atoms with Crippen molar-refractivity contribution in [2.75, 3.05) is 81.2 Å². The molecule has 0 aliphatic heterocycles. The van der Waals surface area contributed by atoms with Crippen LogP contribution in [0, 0.1) is 0 Å². The van der Waals surface area contributed by atoms with E-state index in [1.54, 1.807) is 5.01 Å². The van der Waals surface area contributed by atoms with Crippen LogP contribution in [0.25, 0.3) is 0 Å². The molecule has 0 heterocycles. The lowest BCUT2D eigenvalue weighted by Gasteiger charge is -2.30. The van der Waals surface area contributed by atoms with Crippen LogP contribution in [-0.2, 0) is 9.53 Å². The predicted octanol–water partition coefficient (Wildman–Crippen LogP) is 0.939. The first-order chi connectivity index (χ1) is 10.7. The van der Waals surface area contributed by atoms with Gasteiger partial charge in [0.25, 0.3) is 0 Å². The van der Waals surface area contributed by atoms with Crippen LogP contribution in [0.2, 0.25) is 0 Å². The second-order valence-electron chi connectivity index (χ2n) is 7.92. The molecule has 0 saturated carbocycles. The molecule has 1 amide bonds. The van der Waals surface area contributed by atoms with Gasteiger partial charge in [0.1, 0.15) is 6.54 Å². The second-order valence-corrected chi connectivity index (χ2v) is 7.92. The molecule has 0 aliphatic rings. The van der Waals surface area contributed by atoms with Crippen molar-refractivity contribution in [1.29, 1.82) is 0 Å². The number of likely N-dealkylation sites (N-methyl/N-ethyl adjacent to an activating group) is 1. The zero-order valence-electron chi connectivity index (χ0n) is 16.3. The van der Waals surface area contributed by atoms with Gasteiger partial charge in [-0.25, -0.2) is 5.43 Å². The molecule has 0 spiro atoms. The van der Waals surface area contributed by atoms with E-state index in [2.05, 4.69) is 47.6 Å². The molecular formula is C17H40N4O2+2. The van der Waals surface area contributed by atoms with Gasteiger partial charge in [-0.15, -0.1) is 0 Å². The zero-order chi connectivity index (χ0) is 17.8. The minimum atomic E-state index is 0.766. The number of ether oxygens (including phenoxy) is 1. The second kappa shape index (κ2) is 11.8. The van der Waals surface area contributed by atoms with Crippen LogP contribution in [-0.4, -0.2) is 102 Å².